The number of ether oxygens (including phenoxy) is 1. The maximum atomic E-state index is 10.4. The Bertz CT molecular complexity index is 916. The van der Waals surface area contributed by atoms with Gasteiger partial charge in [-0.25, -0.2) is 15.4 Å². The minimum atomic E-state index is -0.390. The predicted octanol–water partition coefficient (Wildman–Crippen LogP) is 1.54. The van der Waals surface area contributed by atoms with Crippen molar-refractivity contribution in [2.45, 2.75) is 43.6 Å². The number of fused-ring (bicyclic) bond motifs is 1. The molecule has 3 atom stereocenters. The van der Waals surface area contributed by atoms with Crippen LogP contribution in [0.1, 0.15) is 37.1 Å². The summed E-state index contributed by atoms with van der Waals surface area (Å²) < 4.78 is 6.14. The van der Waals surface area contributed by atoms with Crippen LogP contribution in [0.15, 0.2) is 30.6 Å². The van der Waals surface area contributed by atoms with Crippen molar-refractivity contribution in [3.63, 3.8) is 0 Å². The Morgan fingerprint density at radius 2 is 2.03 bits per heavy atom. The van der Waals surface area contributed by atoms with Gasteiger partial charge in [0, 0.05) is 24.7 Å². The molecule has 8 nitrogen and oxygen atoms in total. The van der Waals surface area contributed by atoms with E-state index in [1.54, 1.807) is 6.33 Å². The lowest BCUT2D eigenvalue weighted by Gasteiger charge is -2.22. The molecule has 0 bridgehead atoms. The highest BCUT2D eigenvalue weighted by Gasteiger charge is 2.40. The Morgan fingerprint density at radius 3 is 2.76 bits per heavy atom. The second-order valence-corrected chi connectivity index (χ2v) is 8.81. The Labute approximate surface area is 170 Å². The van der Waals surface area contributed by atoms with Crippen LogP contribution in [0.3, 0.4) is 0 Å². The molecule has 2 aliphatic heterocycles. The Balaban J connectivity index is 1.39. The van der Waals surface area contributed by atoms with Crippen LogP contribution in [0.25, 0.3) is 0 Å². The molecule has 3 aliphatic rings. The van der Waals surface area contributed by atoms with Gasteiger partial charge in [-0.3, -0.25) is 0 Å². The van der Waals surface area contributed by atoms with E-state index in [4.69, 9.17) is 4.74 Å². The average Bonchev–Trinajstić information content (AvgIpc) is 3.11. The van der Waals surface area contributed by atoms with Crippen LogP contribution >= 0.6 is 0 Å². The molecule has 1 aliphatic carbocycles. The number of hydrogen-bond donors (Lipinski definition) is 3. The number of nitrogens with zero attached hydrogens (tertiary/aromatic N) is 4. The van der Waals surface area contributed by atoms with Crippen molar-refractivity contribution in [2.75, 3.05) is 37.5 Å². The standard InChI is InChI=1S/C21H28N6O2/c1-21(6-7-21)29-13-4-5-15-14(8-13)20(25-24-15)16-9-19(23-12-22-16)27-10-17(26(2)3)18(28)11-27/h4-5,8-9,12,17-18,20,24-25,28H,6-7,10-11H2,1-3H3/t17-,18-,20+/m0/s1. The quantitative estimate of drug-likeness (QED) is 0.702. The third-order valence-electron chi connectivity index (χ3n) is 6.22. The number of β-amino-alcohol motifs (C(OH)–C–C–N with tert-alkyl or cyclic N) is 1. The average molecular weight is 396 g/mol. The summed E-state index contributed by atoms with van der Waals surface area (Å²) in [6, 6.07) is 8.18. The summed E-state index contributed by atoms with van der Waals surface area (Å²) >= 11 is 0. The molecule has 0 spiro atoms. The summed E-state index contributed by atoms with van der Waals surface area (Å²) in [6.45, 7) is 3.47. The molecule has 3 N–H and O–H groups in total. The predicted molar refractivity (Wildman–Crippen MR) is 111 cm³/mol. The van der Waals surface area contributed by atoms with Crippen molar-refractivity contribution >= 4 is 11.5 Å². The first-order valence-electron chi connectivity index (χ1n) is 10.2. The maximum absolute atomic E-state index is 10.4. The zero-order valence-electron chi connectivity index (χ0n) is 17.1. The molecular formula is C21H28N6O2. The number of hydrazine groups is 1. The summed E-state index contributed by atoms with van der Waals surface area (Å²) in [5.74, 6) is 1.73. The van der Waals surface area contributed by atoms with E-state index >= 15 is 0 Å². The molecule has 1 saturated carbocycles. The van der Waals surface area contributed by atoms with Gasteiger partial charge < -0.3 is 25.1 Å². The topological polar surface area (TPSA) is 85.8 Å². The number of nitrogens with one attached hydrogen (secondary N) is 2. The minimum absolute atomic E-state index is 0.00908. The molecule has 5 rings (SSSR count). The monoisotopic (exact) mass is 396 g/mol. The summed E-state index contributed by atoms with van der Waals surface area (Å²) in [6.07, 6.45) is 3.42. The normalized spacial score (nSPS) is 27.1. The van der Waals surface area contributed by atoms with E-state index in [2.05, 4.69) is 43.6 Å². The number of anilines is 2. The summed E-state index contributed by atoms with van der Waals surface area (Å²) in [4.78, 5) is 13.2. The van der Waals surface area contributed by atoms with Crippen LogP contribution in [-0.4, -0.2) is 64.9 Å². The van der Waals surface area contributed by atoms with Gasteiger partial charge in [-0.2, -0.15) is 0 Å². The van der Waals surface area contributed by atoms with Gasteiger partial charge in [-0.1, -0.05) is 0 Å². The zero-order chi connectivity index (χ0) is 20.2. The van der Waals surface area contributed by atoms with Crippen molar-refractivity contribution < 1.29 is 9.84 Å². The lowest BCUT2D eigenvalue weighted by molar-refractivity contribution is 0.114. The van der Waals surface area contributed by atoms with Crippen molar-refractivity contribution in [2.24, 2.45) is 0 Å². The highest BCUT2D eigenvalue weighted by molar-refractivity contribution is 5.61. The van der Waals surface area contributed by atoms with Gasteiger partial charge in [0.2, 0.25) is 0 Å². The maximum Gasteiger partial charge on any atom is 0.132 e. The highest BCUT2D eigenvalue weighted by Crippen LogP contribution is 2.42. The third kappa shape index (κ3) is 3.52. The molecule has 0 amide bonds. The van der Waals surface area contributed by atoms with Crippen LogP contribution in [-0.2, 0) is 0 Å². The Hall–Kier alpha value is -2.42. The van der Waals surface area contributed by atoms with Gasteiger partial charge >= 0.3 is 0 Å². The van der Waals surface area contributed by atoms with Crippen LogP contribution < -0.4 is 20.5 Å². The number of benzene rings is 1. The molecule has 3 heterocycles. The van der Waals surface area contributed by atoms with E-state index in [0.29, 0.717) is 6.54 Å². The van der Waals surface area contributed by atoms with E-state index < -0.39 is 0 Å². The fraction of sp³-hybridized carbons (Fsp3) is 0.524. The molecule has 29 heavy (non-hydrogen) atoms. The van der Waals surface area contributed by atoms with Gasteiger partial charge in [0.15, 0.2) is 0 Å². The number of aromatic nitrogens is 2. The summed E-state index contributed by atoms with van der Waals surface area (Å²) in [5.41, 5.74) is 9.60. The summed E-state index contributed by atoms with van der Waals surface area (Å²) in [5, 5.41) is 10.4. The van der Waals surface area contributed by atoms with Crippen molar-refractivity contribution in [3.05, 3.63) is 41.9 Å². The van der Waals surface area contributed by atoms with Gasteiger partial charge in [-0.05, 0) is 52.1 Å². The molecule has 2 aromatic rings. The molecule has 1 aromatic heterocycles. The number of hydrogen-bond acceptors (Lipinski definition) is 8. The van der Waals surface area contributed by atoms with Gasteiger partial charge in [0.1, 0.15) is 23.5 Å². The third-order valence-corrected chi connectivity index (χ3v) is 6.22. The van der Waals surface area contributed by atoms with E-state index in [1.807, 2.05) is 32.3 Å². The number of likely N-dealkylation sites (N-methyl/N-ethyl adjacent to an activating group) is 1. The van der Waals surface area contributed by atoms with Crippen molar-refractivity contribution in [1.29, 1.82) is 0 Å². The molecule has 2 fully saturated rings. The molecule has 154 valence electrons. The van der Waals surface area contributed by atoms with Crippen LogP contribution in [0, 0.1) is 0 Å². The molecule has 1 aromatic carbocycles. The van der Waals surface area contributed by atoms with Crippen molar-refractivity contribution in [3.8, 4) is 5.75 Å². The first-order valence-corrected chi connectivity index (χ1v) is 10.2. The molecular weight excluding hydrogens is 368 g/mol. The fourth-order valence-electron chi connectivity index (χ4n) is 4.14. The fourth-order valence-corrected chi connectivity index (χ4v) is 4.14. The number of rotatable bonds is 5. The summed E-state index contributed by atoms with van der Waals surface area (Å²) in [7, 11) is 3.99. The first kappa shape index (κ1) is 18.6. The Kier molecular flexibility index (Phi) is 4.38. The lowest BCUT2D eigenvalue weighted by atomic mass is 10.0. The van der Waals surface area contributed by atoms with E-state index in [-0.39, 0.29) is 23.8 Å². The second-order valence-electron chi connectivity index (χ2n) is 8.81. The van der Waals surface area contributed by atoms with Gasteiger partial charge in [0.25, 0.3) is 0 Å². The minimum Gasteiger partial charge on any atom is -0.488 e. The SMILES string of the molecule is CN(C)[C@H]1CN(c2cc([C@@H]3NNc4ccc(OC5(C)CC5)cc43)ncn2)C[C@@H]1O. The molecule has 0 radical (unpaired) electrons. The van der Waals surface area contributed by atoms with Crippen molar-refractivity contribution in [1.82, 2.24) is 20.3 Å². The zero-order valence-corrected chi connectivity index (χ0v) is 17.1. The van der Waals surface area contributed by atoms with Crippen LogP contribution in [0.4, 0.5) is 11.5 Å². The highest BCUT2D eigenvalue weighted by atomic mass is 16.5. The second kappa shape index (κ2) is 6.83. The van der Waals surface area contributed by atoms with Crippen LogP contribution in [0.5, 0.6) is 5.75 Å². The smallest absolute Gasteiger partial charge is 0.132 e. The largest absolute Gasteiger partial charge is 0.488 e. The Morgan fingerprint density at radius 1 is 1.21 bits per heavy atom. The van der Waals surface area contributed by atoms with Gasteiger partial charge in [-0.15, -0.1) is 0 Å². The van der Waals surface area contributed by atoms with E-state index in [0.717, 1.165) is 47.9 Å². The number of aliphatic hydroxyl groups is 1. The number of aliphatic hydroxyl groups excluding tert-OH is 1. The molecule has 0 unspecified atom stereocenters. The molecule has 1 saturated heterocycles. The van der Waals surface area contributed by atoms with Gasteiger partial charge in [0.05, 0.1) is 29.6 Å². The van der Waals surface area contributed by atoms with Crippen LogP contribution in [0.2, 0.25) is 0 Å². The van der Waals surface area contributed by atoms with E-state index in [1.165, 1.54) is 0 Å². The first-order chi connectivity index (χ1) is 13.9. The lowest BCUT2D eigenvalue weighted by Crippen LogP contribution is -2.38. The molecule has 8 heteroatoms. The van der Waals surface area contributed by atoms with E-state index in [9.17, 15) is 5.11 Å².